The summed E-state index contributed by atoms with van der Waals surface area (Å²) in [4.78, 5) is 12.0. The summed E-state index contributed by atoms with van der Waals surface area (Å²) in [6.45, 7) is 0. The van der Waals surface area contributed by atoms with E-state index in [1.165, 1.54) is 18.2 Å². The second kappa shape index (κ2) is 5.59. The lowest BCUT2D eigenvalue weighted by Crippen LogP contribution is -2.15. The fraction of sp³-hybridized carbons (Fsp3) is 0. The Labute approximate surface area is 122 Å². The molecule has 0 aliphatic rings. The molecule has 1 amide bonds. The first kappa shape index (κ1) is 13.8. The van der Waals surface area contributed by atoms with Crippen LogP contribution in [0, 0.1) is 5.82 Å². The quantitative estimate of drug-likeness (QED) is 0.807. The minimum absolute atomic E-state index is 0.0533. The van der Waals surface area contributed by atoms with Crippen molar-refractivity contribution in [3.05, 3.63) is 57.3 Å². The van der Waals surface area contributed by atoms with E-state index in [1.54, 1.807) is 18.2 Å². The minimum Gasteiger partial charge on any atom is -0.399 e. The van der Waals surface area contributed by atoms with Gasteiger partial charge in [0, 0.05) is 10.2 Å². The summed E-state index contributed by atoms with van der Waals surface area (Å²) in [5.74, 6) is -1.31. The minimum atomic E-state index is -0.676. The molecule has 2 rings (SSSR count). The number of carbonyl (C=O) groups excluding carboxylic acids is 1. The summed E-state index contributed by atoms with van der Waals surface area (Å²) < 4.78 is 14.2. The van der Waals surface area contributed by atoms with E-state index in [-0.39, 0.29) is 10.6 Å². The first-order chi connectivity index (χ1) is 8.99. The van der Waals surface area contributed by atoms with Gasteiger partial charge in [0.2, 0.25) is 0 Å². The summed E-state index contributed by atoms with van der Waals surface area (Å²) in [6.07, 6.45) is 0. The van der Waals surface area contributed by atoms with Crippen molar-refractivity contribution in [2.75, 3.05) is 11.1 Å². The summed E-state index contributed by atoms with van der Waals surface area (Å²) in [7, 11) is 0. The summed E-state index contributed by atoms with van der Waals surface area (Å²) in [6, 6.07) is 8.99. The maximum Gasteiger partial charge on any atom is 0.260 e. The van der Waals surface area contributed by atoms with Crippen molar-refractivity contribution >= 4 is 44.8 Å². The number of hydrogen-bond donors (Lipinski definition) is 2. The van der Waals surface area contributed by atoms with Crippen molar-refractivity contribution < 1.29 is 9.18 Å². The van der Waals surface area contributed by atoms with Crippen molar-refractivity contribution in [3.63, 3.8) is 0 Å². The van der Waals surface area contributed by atoms with Crippen LogP contribution in [0.2, 0.25) is 5.02 Å². The Hall–Kier alpha value is -1.59. The summed E-state index contributed by atoms with van der Waals surface area (Å²) in [5.41, 5.74) is 6.37. The lowest BCUT2D eigenvalue weighted by molar-refractivity contribution is 0.102. The number of anilines is 2. The zero-order chi connectivity index (χ0) is 14.0. The number of nitrogens with one attached hydrogen (secondary N) is 1. The highest BCUT2D eigenvalue weighted by atomic mass is 79.9. The Balaban J connectivity index is 2.34. The average Bonchev–Trinajstić information content (AvgIpc) is 2.33. The molecule has 0 saturated carbocycles. The molecule has 0 aromatic heterocycles. The van der Waals surface area contributed by atoms with Crippen LogP contribution in [-0.4, -0.2) is 5.91 Å². The van der Waals surface area contributed by atoms with Crippen LogP contribution in [0.1, 0.15) is 10.4 Å². The van der Waals surface area contributed by atoms with Crippen molar-refractivity contribution in [1.82, 2.24) is 0 Å². The van der Waals surface area contributed by atoms with Gasteiger partial charge >= 0.3 is 0 Å². The second-order valence-corrected chi connectivity index (χ2v) is 5.05. The Morgan fingerprint density at radius 3 is 2.74 bits per heavy atom. The van der Waals surface area contributed by atoms with Crippen molar-refractivity contribution in [2.45, 2.75) is 0 Å². The topological polar surface area (TPSA) is 55.1 Å². The molecule has 0 saturated heterocycles. The molecule has 0 heterocycles. The van der Waals surface area contributed by atoms with Crippen LogP contribution in [0.5, 0.6) is 0 Å². The first-order valence-electron chi connectivity index (χ1n) is 5.29. The first-order valence-corrected chi connectivity index (χ1v) is 6.46. The fourth-order valence-electron chi connectivity index (χ4n) is 1.54. The lowest BCUT2D eigenvalue weighted by atomic mass is 10.2. The molecule has 3 N–H and O–H groups in total. The molecular formula is C13H9BrClFN2O. The molecule has 0 bridgehead atoms. The van der Waals surface area contributed by atoms with Crippen LogP contribution in [0.4, 0.5) is 15.8 Å². The highest BCUT2D eigenvalue weighted by molar-refractivity contribution is 9.10. The molecule has 98 valence electrons. The van der Waals surface area contributed by atoms with E-state index in [9.17, 15) is 9.18 Å². The normalized spacial score (nSPS) is 10.3. The highest BCUT2D eigenvalue weighted by Gasteiger charge is 2.16. The smallest absolute Gasteiger partial charge is 0.260 e. The molecule has 0 aliphatic heterocycles. The third-order valence-electron chi connectivity index (χ3n) is 2.43. The predicted molar refractivity (Wildman–Crippen MR) is 77.9 cm³/mol. The number of hydrogen-bond acceptors (Lipinski definition) is 2. The van der Waals surface area contributed by atoms with Gasteiger partial charge in [-0.05, 0) is 46.3 Å². The molecule has 2 aromatic carbocycles. The number of halogens is 3. The molecule has 0 radical (unpaired) electrons. The van der Waals surface area contributed by atoms with Gasteiger partial charge in [0.05, 0.1) is 16.3 Å². The molecular weight excluding hydrogens is 335 g/mol. The van der Waals surface area contributed by atoms with Crippen LogP contribution >= 0.6 is 27.5 Å². The summed E-state index contributed by atoms with van der Waals surface area (Å²) >= 11 is 9.10. The maximum absolute atomic E-state index is 13.6. The number of carbonyl (C=O) groups is 1. The molecule has 0 spiro atoms. The number of benzene rings is 2. The highest BCUT2D eigenvalue weighted by Crippen LogP contribution is 2.26. The standard InChI is InChI=1S/C13H9BrClFN2O/c14-8-5-4-7(17)6-11(8)18-13(19)12-9(15)2-1-3-10(12)16/h1-6H,17H2,(H,18,19). The largest absolute Gasteiger partial charge is 0.399 e. The number of nitrogen functional groups attached to an aromatic ring is 1. The third-order valence-corrected chi connectivity index (χ3v) is 3.43. The molecule has 6 heteroatoms. The Bertz CT molecular complexity index is 628. The zero-order valence-electron chi connectivity index (χ0n) is 9.58. The third kappa shape index (κ3) is 3.05. The Morgan fingerprint density at radius 2 is 2.05 bits per heavy atom. The van der Waals surface area contributed by atoms with E-state index in [0.717, 1.165) is 0 Å². The molecule has 0 atom stereocenters. The van der Waals surface area contributed by atoms with Gasteiger partial charge in [0.25, 0.3) is 5.91 Å². The maximum atomic E-state index is 13.6. The molecule has 0 aliphatic carbocycles. The average molecular weight is 344 g/mol. The van der Waals surface area contributed by atoms with Gasteiger partial charge in [-0.1, -0.05) is 17.7 Å². The van der Waals surface area contributed by atoms with Crippen molar-refractivity contribution in [2.24, 2.45) is 0 Å². The lowest BCUT2D eigenvalue weighted by Gasteiger charge is -2.10. The van der Waals surface area contributed by atoms with Crippen molar-refractivity contribution in [3.8, 4) is 0 Å². The van der Waals surface area contributed by atoms with Gasteiger partial charge in [0.15, 0.2) is 0 Å². The molecule has 0 fully saturated rings. The molecule has 2 aromatic rings. The van der Waals surface area contributed by atoms with Crippen LogP contribution in [0.3, 0.4) is 0 Å². The SMILES string of the molecule is Nc1ccc(Br)c(NC(=O)c2c(F)cccc2Cl)c1. The fourth-order valence-corrected chi connectivity index (χ4v) is 2.13. The van der Waals surface area contributed by atoms with Crippen LogP contribution in [-0.2, 0) is 0 Å². The number of amides is 1. The van der Waals surface area contributed by atoms with Gasteiger partial charge in [-0.3, -0.25) is 4.79 Å². The monoisotopic (exact) mass is 342 g/mol. The number of rotatable bonds is 2. The van der Waals surface area contributed by atoms with E-state index in [0.29, 0.717) is 15.8 Å². The van der Waals surface area contributed by atoms with E-state index in [4.69, 9.17) is 17.3 Å². The van der Waals surface area contributed by atoms with Crippen LogP contribution in [0.25, 0.3) is 0 Å². The zero-order valence-corrected chi connectivity index (χ0v) is 11.9. The Kier molecular flexibility index (Phi) is 4.07. The molecule has 0 unspecified atom stereocenters. The molecule has 19 heavy (non-hydrogen) atoms. The van der Waals surface area contributed by atoms with Crippen LogP contribution < -0.4 is 11.1 Å². The van der Waals surface area contributed by atoms with Crippen molar-refractivity contribution in [1.29, 1.82) is 0 Å². The van der Waals surface area contributed by atoms with Gasteiger partial charge in [-0.25, -0.2) is 4.39 Å². The van der Waals surface area contributed by atoms with Gasteiger partial charge in [-0.15, -0.1) is 0 Å². The van der Waals surface area contributed by atoms with E-state index >= 15 is 0 Å². The van der Waals surface area contributed by atoms with Gasteiger partial charge < -0.3 is 11.1 Å². The van der Waals surface area contributed by atoms with Gasteiger partial charge in [-0.2, -0.15) is 0 Å². The molecule has 3 nitrogen and oxygen atoms in total. The number of nitrogens with two attached hydrogens (primary N) is 1. The van der Waals surface area contributed by atoms with Crippen LogP contribution in [0.15, 0.2) is 40.9 Å². The van der Waals surface area contributed by atoms with E-state index in [1.807, 2.05) is 0 Å². The van der Waals surface area contributed by atoms with E-state index in [2.05, 4.69) is 21.2 Å². The van der Waals surface area contributed by atoms with Gasteiger partial charge in [0.1, 0.15) is 5.82 Å². The van der Waals surface area contributed by atoms with E-state index < -0.39 is 11.7 Å². The predicted octanol–water partition coefficient (Wildman–Crippen LogP) is 4.08. The summed E-state index contributed by atoms with van der Waals surface area (Å²) in [5, 5.41) is 2.61. The second-order valence-electron chi connectivity index (χ2n) is 3.79. The Morgan fingerprint density at radius 1 is 1.32 bits per heavy atom.